The average Bonchev–Trinajstić information content (AvgIpc) is 3.69. The molecule has 1 N–H and O–H groups in total. The Kier molecular flexibility index (Phi) is 7.21. The monoisotopic (exact) mass is 608 g/mol. The predicted octanol–water partition coefficient (Wildman–Crippen LogP) is 6.56. The molecule has 4 aromatic rings. The van der Waals surface area contributed by atoms with Crippen LogP contribution in [-0.2, 0) is 30.9 Å². The first-order chi connectivity index (χ1) is 20.7. The van der Waals surface area contributed by atoms with Gasteiger partial charge < -0.3 is 19.5 Å². The van der Waals surface area contributed by atoms with Gasteiger partial charge in [-0.1, -0.05) is 6.07 Å². The fourth-order valence-corrected chi connectivity index (χ4v) is 6.28. The van der Waals surface area contributed by atoms with E-state index in [1.54, 1.807) is 4.90 Å². The molecular formula is C32H35F3N6O3. The number of hydrogen-bond acceptors (Lipinski definition) is 5. The highest BCUT2D eigenvalue weighted by molar-refractivity contribution is 5.95. The van der Waals surface area contributed by atoms with Crippen molar-refractivity contribution in [3.8, 4) is 11.1 Å². The average molecular weight is 609 g/mol. The van der Waals surface area contributed by atoms with Crippen LogP contribution in [0.2, 0.25) is 0 Å². The van der Waals surface area contributed by atoms with Crippen LogP contribution in [0.5, 0.6) is 0 Å². The Bertz CT molecular complexity index is 1770. The molecule has 0 saturated carbocycles. The van der Waals surface area contributed by atoms with Crippen molar-refractivity contribution in [3.05, 3.63) is 70.3 Å². The Morgan fingerprint density at radius 2 is 1.86 bits per heavy atom. The minimum absolute atomic E-state index is 0.114. The fraction of sp³-hybridized carbons (Fsp3) is 0.438. The third kappa shape index (κ3) is 5.53. The maximum Gasteiger partial charge on any atom is 0.435 e. The Morgan fingerprint density at radius 1 is 1.09 bits per heavy atom. The van der Waals surface area contributed by atoms with Crippen LogP contribution in [0.15, 0.2) is 36.8 Å². The molecule has 6 rings (SSSR count). The van der Waals surface area contributed by atoms with E-state index in [1.807, 2.05) is 46.2 Å². The van der Waals surface area contributed by atoms with Gasteiger partial charge in [-0.3, -0.25) is 9.48 Å². The number of aromatic amines is 1. The molecule has 3 aromatic heterocycles. The molecule has 0 bridgehead atoms. The van der Waals surface area contributed by atoms with E-state index in [4.69, 9.17) is 4.74 Å². The number of fused-ring (bicyclic) bond motifs is 2. The molecule has 1 atom stereocenters. The molecule has 2 aliphatic heterocycles. The molecule has 0 spiro atoms. The summed E-state index contributed by atoms with van der Waals surface area (Å²) in [4.78, 5) is 37.8. The number of aromatic nitrogens is 4. The van der Waals surface area contributed by atoms with Gasteiger partial charge >= 0.3 is 12.3 Å². The van der Waals surface area contributed by atoms with E-state index in [1.165, 1.54) is 11.9 Å². The Balaban J connectivity index is 1.43. The van der Waals surface area contributed by atoms with Gasteiger partial charge in [-0.2, -0.15) is 18.3 Å². The molecule has 1 saturated heterocycles. The second-order valence-electron chi connectivity index (χ2n) is 12.7. The maximum absolute atomic E-state index is 13.7. The lowest BCUT2D eigenvalue weighted by atomic mass is 9.86. The van der Waals surface area contributed by atoms with Gasteiger partial charge in [0, 0.05) is 56.2 Å². The Morgan fingerprint density at radius 3 is 2.59 bits per heavy atom. The van der Waals surface area contributed by atoms with Crippen molar-refractivity contribution in [2.75, 3.05) is 13.1 Å². The molecule has 9 nitrogen and oxygen atoms in total. The van der Waals surface area contributed by atoms with Crippen LogP contribution >= 0.6 is 0 Å². The van der Waals surface area contributed by atoms with Gasteiger partial charge in [0.15, 0.2) is 5.69 Å². The standard InChI is InChI=1S/C32H35F3N6O3/c1-18-14-36-28-22(18)13-21(15-37-28)20-11-19-8-10-40(29(42)25-16-39(5)38-27(25)32(33,34)35)17-24(19)23(12-20)26-7-6-9-41(26)30(43)44-31(2,3)4/h11-16,26H,6-10,17H2,1-5H3,(H,36,37)/t26-/m0/s1. The van der Waals surface area contributed by atoms with Crippen LogP contribution in [0, 0.1) is 6.92 Å². The predicted molar refractivity (Wildman–Crippen MR) is 158 cm³/mol. The first-order valence-electron chi connectivity index (χ1n) is 14.7. The summed E-state index contributed by atoms with van der Waals surface area (Å²) >= 11 is 0. The molecule has 5 heterocycles. The van der Waals surface area contributed by atoms with Gasteiger partial charge in [0.25, 0.3) is 5.91 Å². The molecule has 1 aromatic carbocycles. The van der Waals surface area contributed by atoms with Gasteiger partial charge in [-0.05, 0) is 86.9 Å². The largest absolute Gasteiger partial charge is 0.444 e. The van der Waals surface area contributed by atoms with E-state index in [0.29, 0.717) is 19.4 Å². The number of likely N-dealkylation sites (tertiary alicyclic amines) is 1. The zero-order valence-corrected chi connectivity index (χ0v) is 25.4. The van der Waals surface area contributed by atoms with Crippen molar-refractivity contribution in [2.24, 2.45) is 7.05 Å². The van der Waals surface area contributed by atoms with Gasteiger partial charge in [0.05, 0.1) is 11.6 Å². The number of amides is 2. The van der Waals surface area contributed by atoms with Gasteiger partial charge in [0.2, 0.25) is 0 Å². The molecule has 0 unspecified atom stereocenters. The summed E-state index contributed by atoms with van der Waals surface area (Å²) < 4.78 is 48.0. The topological polar surface area (TPSA) is 96.4 Å². The van der Waals surface area contributed by atoms with Crippen LogP contribution < -0.4 is 0 Å². The van der Waals surface area contributed by atoms with Crippen molar-refractivity contribution in [1.82, 2.24) is 29.5 Å². The summed E-state index contributed by atoms with van der Waals surface area (Å²) in [7, 11) is 1.36. The Hall–Kier alpha value is -4.35. The number of rotatable bonds is 3. The van der Waals surface area contributed by atoms with Crippen molar-refractivity contribution >= 4 is 23.0 Å². The molecule has 1 fully saturated rings. The number of benzene rings is 1. The number of carbonyl (C=O) groups is 2. The number of nitrogens with zero attached hydrogens (tertiary/aromatic N) is 5. The third-order valence-corrected chi connectivity index (χ3v) is 8.30. The zero-order valence-electron chi connectivity index (χ0n) is 25.4. The van der Waals surface area contributed by atoms with Gasteiger partial charge in [0.1, 0.15) is 11.2 Å². The van der Waals surface area contributed by atoms with E-state index < -0.39 is 35.0 Å². The number of carbonyl (C=O) groups excluding carboxylic acids is 2. The van der Waals surface area contributed by atoms with Gasteiger partial charge in [-0.25, -0.2) is 9.78 Å². The van der Waals surface area contributed by atoms with Crippen LogP contribution in [0.3, 0.4) is 0 Å². The van der Waals surface area contributed by atoms with Crippen LogP contribution in [-0.4, -0.2) is 60.2 Å². The molecule has 232 valence electrons. The number of H-pyrrole nitrogens is 1. The van der Waals surface area contributed by atoms with Crippen molar-refractivity contribution in [3.63, 3.8) is 0 Å². The molecule has 0 radical (unpaired) electrons. The number of aryl methyl sites for hydroxylation is 2. The minimum Gasteiger partial charge on any atom is -0.444 e. The van der Waals surface area contributed by atoms with Crippen molar-refractivity contribution in [1.29, 1.82) is 0 Å². The second-order valence-corrected chi connectivity index (χ2v) is 12.7. The fourth-order valence-electron chi connectivity index (χ4n) is 6.28. The van der Waals surface area contributed by atoms with E-state index in [0.717, 1.165) is 61.7 Å². The maximum atomic E-state index is 13.7. The molecular weight excluding hydrogens is 573 g/mol. The zero-order chi connectivity index (χ0) is 31.6. The van der Waals surface area contributed by atoms with Crippen molar-refractivity contribution in [2.45, 2.75) is 71.3 Å². The summed E-state index contributed by atoms with van der Waals surface area (Å²) in [6, 6.07) is 5.88. The Labute approximate surface area is 253 Å². The minimum atomic E-state index is -4.76. The van der Waals surface area contributed by atoms with Crippen LogP contribution in [0.25, 0.3) is 22.2 Å². The number of hydrogen-bond donors (Lipinski definition) is 1. The lowest BCUT2D eigenvalue weighted by Crippen LogP contribution is -2.39. The quantitative estimate of drug-likeness (QED) is 0.284. The summed E-state index contributed by atoms with van der Waals surface area (Å²) in [6.45, 7) is 8.35. The lowest BCUT2D eigenvalue weighted by molar-refractivity contribution is -0.141. The van der Waals surface area contributed by atoms with E-state index in [2.05, 4.69) is 27.2 Å². The number of alkyl halides is 3. The first-order valence-corrected chi connectivity index (χ1v) is 14.7. The first kappa shape index (κ1) is 29.7. The van der Waals surface area contributed by atoms with Crippen LogP contribution in [0.4, 0.5) is 18.0 Å². The lowest BCUT2D eigenvalue weighted by Gasteiger charge is -2.35. The highest BCUT2D eigenvalue weighted by Gasteiger charge is 2.41. The summed E-state index contributed by atoms with van der Waals surface area (Å²) in [5.74, 6) is -0.723. The van der Waals surface area contributed by atoms with Crippen molar-refractivity contribution < 1.29 is 27.5 Å². The van der Waals surface area contributed by atoms with E-state index >= 15 is 0 Å². The molecule has 0 aliphatic carbocycles. The summed E-state index contributed by atoms with van der Waals surface area (Å²) in [6.07, 6.45) is 1.58. The molecule has 12 heteroatoms. The number of nitrogens with one attached hydrogen (secondary N) is 1. The highest BCUT2D eigenvalue weighted by Crippen LogP contribution is 2.41. The van der Waals surface area contributed by atoms with Gasteiger partial charge in [-0.15, -0.1) is 0 Å². The van der Waals surface area contributed by atoms with E-state index in [9.17, 15) is 22.8 Å². The third-order valence-electron chi connectivity index (χ3n) is 8.30. The summed E-state index contributed by atoms with van der Waals surface area (Å²) in [5, 5.41) is 4.53. The number of pyridine rings is 1. The van der Waals surface area contributed by atoms with Crippen LogP contribution in [0.1, 0.15) is 78.0 Å². The molecule has 44 heavy (non-hydrogen) atoms. The smallest absolute Gasteiger partial charge is 0.435 e. The normalized spacial score (nSPS) is 17.3. The van der Waals surface area contributed by atoms with E-state index in [-0.39, 0.29) is 19.1 Å². The highest BCUT2D eigenvalue weighted by atomic mass is 19.4. The number of halogens is 3. The second kappa shape index (κ2) is 10.7. The molecule has 2 amide bonds. The summed E-state index contributed by atoms with van der Waals surface area (Å²) in [5.41, 5.74) is 4.06. The SMILES string of the molecule is Cc1c[nH]c2ncc(-c3cc4c(c([C@@H]5CCCN5C(=O)OC(C)(C)C)c3)CN(C(=O)c3cn(C)nc3C(F)(F)F)CC4)cc12. The number of ether oxygens (including phenoxy) is 1. The molecule has 2 aliphatic rings.